The molecule has 0 amide bonds. The number of esters is 1. The Labute approximate surface area is 136 Å². The third-order valence-corrected chi connectivity index (χ3v) is 3.27. The highest BCUT2D eigenvalue weighted by Gasteiger charge is 2.17. The molecule has 3 aromatic rings. The first-order valence-electron chi connectivity index (χ1n) is 7.03. The number of phenolic OH excluding ortho intramolecular Hbond substituents is 2. The standard InChI is InChI=1S/C16H14N2O6/c1-8-5-12(9(2)23-8)15-18-17-14(24-15)7-22-16(21)11-4-3-10(19)6-13(11)20/h3-6,19-20H,7H2,1-2H3. The van der Waals surface area contributed by atoms with Crippen LogP contribution in [0.5, 0.6) is 11.5 Å². The van der Waals surface area contributed by atoms with E-state index >= 15 is 0 Å². The summed E-state index contributed by atoms with van der Waals surface area (Å²) >= 11 is 0. The summed E-state index contributed by atoms with van der Waals surface area (Å²) in [6.07, 6.45) is 0. The van der Waals surface area contributed by atoms with Crippen molar-refractivity contribution >= 4 is 5.97 Å². The molecule has 8 nitrogen and oxygen atoms in total. The summed E-state index contributed by atoms with van der Waals surface area (Å²) < 4.78 is 15.9. The van der Waals surface area contributed by atoms with Gasteiger partial charge in [-0.25, -0.2) is 4.79 Å². The van der Waals surface area contributed by atoms with Crippen molar-refractivity contribution < 1.29 is 28.6 Å². The van der Waals surface area contributed by atoms with Gasteiger partial charge in [-0.15, -0.1) is 10.2 Å². The molecule has 0 unspecified atom stereocenters. The fraction of sp³-hybridized carbons (Fsp3) is 0.188. The molecule has 0 aliphatic carbocycles. The lowest BCUT2D eigenvalue weighted by Crippen LogP contribution is -2.05. The molecule has 1 aromatic carbocycles. The van der Waals surface area contributed by atoms with Crippen molar-refractivity contribution in [1.29, 1.82) is 0 Å². The smallest absolute Gasteiger partial charge is 0.342 e. The van der Waals surface area contributed by atoms with Gasteiger partial charge in [-0.1, -0.05) is 0 Å². The normalized spacial score (nSPS) is 10.8. The topological polar surface area (TPSA) is 119 Å². The highest BCUT2D eigenvalue weighted by atomic mass is 16.5. The number of hydrogen-bond donors (Lipinski definition) is 2. The van der Waals surface area contributed by atoms with Crippen molar-refractivity contribution in [3.63, 3.8) is 0 Å². The molecule has 3 rings (SSSR count). The maximum Gasteiger partial charge on any atom is 0.342 e. The Balaban J connectivity index is 1.69. The highest BCUT2D eigenvalue weighted by Crippen LogP contribution is 2.26. The van der Waals surface area contributed by atoms with Crippen LogP contribution < -0.4 is 0 Å². The molecule has 124 valence electrons. The second-order valence-corrected chi connectivity index (χ2v) is 5.11. The summed E-state index contributed by atoms with van der Waals surface area (Å²) in [7, 11) is 0. The van der Waals surface area contributed by atoms with Crippen LogP contribution in [0.1, 0.15) is 27.8 Å². The molecule has 24 heavy (non-hydrogen) atoms. The average molecular weight is 330 g/mol. The van der Waals surface area contributed by atoms with Crippen LogP contribution >= 0.6 is 0 Å². The van der Waals surface area contributed by atoms with Gasteiger partial charge in [0.15, 0.2) is 6.61 Å². The molecule has 0 fully saturated rings. The number of benzene rings is 1. The minimum absolute atomic E-state index is 0.0751. The number of ether oxygens (including phenoxy) is 1. The van der Waals surface area contributed by atoms with Gasteiger partial charge < -0.3 is 23.8 Å². The molecule has 0 bridgehead atoms. The zero-order valence-electron chi connectivity index (χ0n) is 12.9. The predicted molar refractivity (Wildman–Crippen MR) is 80.4 cm³/mol. The Hall–Kier alpha value is -3.29. The van der Waals surface area contributed by atoms with Gasteiger partial charge in [-0.05, 0) is 32.0 Å². The molecular weight excluding hydrogens is 316 g/mol. The predicted octanol–water partition coefficient (Wildman–Crippen LogP) is 2.71. The van der Waals surface area contributed by atoms with E-state index in [0.29, 0.717) is 11.3 Å². The Morgan fingerprint density at radius 1 is 1.17 bits per heavy atom. The number of carbonyl (C=O) groups excluding carboxylic acids is 1. The molecule has 2 heterocycles. The van der Waals surface area contributed by atoms with Crippen LogP contribution in [0.25, 0.3) is 11.5 Å². The van der Waals surface area contributed by atoms with Crippen molar-refractivity contribution in [2.24, 2.45) is 0 Å². The molecule has 2 N–H and O–H groups in total. The van der Waals surface area contributed by atoms with Gasteiger partial charge >= 0.3 is 5.97 Å². The summed E-state index contributed by atoms with van der Waals surface area (Å²) in [5, 5.41) is 26.5. The lowest BCUT2D eigenvalue weighted by molar-refractivity contribution is 0.0435. The van der Waals surface area contributed by atoms with Crippen LogP contribution in [0.2, 0.25) is 0 Å². The van der Waals surface area contributed by atoms with Gasteiger partial charge in [0.25, 0.3) is 11.8 Å². The summed E-state index contributed by atoms with van der Waals surface area (Å²) in [5.41, 5.74) is 0.600. The van der Waals surface area contributed by atoms with E-state index in [1.54, 1.807) is 19.9 Å². The van der Waals surface area contributed by atoms with E-state index in [9.17, 15) is 15.0 Å². The minimum atomic E-state index is -0.775. The molecule has 0 spiro atoms. The van der Waals surface area contributed by atoms with E-state index in [-0.39, 0.29) is 35.5 Å². The second-order valence-electron chi connectivity index (χ2n) is 5.11. The van der Waals surface area contributed by atoms with Gasteiger partial charge in [0.1, 0.15) is 28.6 Å². The minimum Gasteiger partial charge on any atom is -0.508 e. The monoisotopic (exact) mass is 330 g/mol. The summed E-state index contributed by atoms with van der Waals surface area (Å²) in [6, 6.07) is 5.34. The third kappa shape index (κ3) is 3.07. The SMILES string of the molecule is Cc1cc(-c2nnc(COC(=O)c3ccc(O)cc3O)o2)c(C)o1. The number of rotatable bonds is 4. The number of furan rings is 1. The molecule has 0 atom stereocenters. The molecule has 0 saturated heterocycles. The summed E-state index contributed by atoms with van der Waals surface area (Å²) in [4.78, 5) is 11.9. The zero-order valence-corrected chi connectivity index (χ0v) is 12.9. The first-order chi connectivity index (χ1) is 11.4. The number of phenols is 2. The molecule has 0 aliphatic rings. The van der Waals surface area contributed by atoms with E-state index < -0.39 is 5.97 Å². The number of aryl methyl sites for hydroxylation is 2. The lowest BCUT2D eigenvalue weighted by Gasteiger charge is -2.04. The maximum absolute atomic E-state index is 11.9. The van der Waals surface area contributed by atoms with Gasteiger partial charge in [0.05, 0.1) is 5.56 Å². The number of aromatic nitrogens is 2. The number of nitrogens with zero attached hydrogens (tertiary/aromatic N) is 2. The quantitative estimate of drug-likeness (QED) is 0.701. The average Bonchev–Trinajstić information content (AvgIpc) is 3.11. The van der Waals surface area contributed by atoms with E-state index in [0.717, 1.165) is 11.8 Å². The Bertz CT molecular complexity index is 896. The Kier molecular flexibility index (Phi) is 3.95. The molecular formula is C16H14N2O6. The van der Waals surface area contributed by atoms with Crippen molar-refractivity contribution in [2.75, 3.05) is 0 Å². The van der Waals surface area contributed by atoms with Crippen molar-refractivity contribution in [2.45, 2.75) is 20.5 Å². The van der Waals surface area contributed by atoms with Crippen LogP contribution in [0.4, 0.5) is 0 Å². The fourth-order valence-corrected chi connectivity index (χ4v) is 2.16. The Morgan fingerprint density at radius 2 is 1.96 bits per heavy atom. The van der Waals surface area contributed by atoms with E-state index in [1.165, 1.54) is 12.1 Å². The van der Waals surface area contributed by atoms with Gasteiger partial charge in [-0.2, -0.15) is 0 Å². The van der Waals surface area contributed by atoms with Gasteiger partial charge in [0.2, 0.25) is 0 Å². The fourth-order valence-electron chi connectivity index (χ4n) is 2.16. The van der Waals surface area contributed by atoms with Crippen molar-refractivity contribution in [3.8, 4) is 23.0 Å². The van der Waals surface area contributed by atoms with Crippen LogP contribution in [-0.4, -0.2) is 26.4 Å². The number of aromatic hydroxyl groups is 2. The molecule has 8 heteroatoms. The van der Waals surface area contributed by atoms with Crippen LogP contribution in [0, 0.1) is 13.8 Å². The number of hydrogen-bond acceptors (Lipinski definition) is 8. The Morgan fingerprint density at radius 3 is 2.62 bits per heavy atom. The van der Waals surface area contributed by atoms with E-state index in [2.05, 4.69) is 10.2 Å². The molecule has 0 radical (unpaired) electrons. The molecule has 0 aliphatic heterocycles. The van der Waals surface area contributed by atoms with Gasteiger partial charge in [0, 0.05) is 6.07 Å². The lowest BCUT2D eigenvalue weighted by atomic mass is 10.2. The first kappa shape index (κ1) is 15.6. The first-order valence-corrected chi connectivity index (χ1v) is 7.03. The van der Waals surface area contributed by atoms with E-state index in [4.69, 9.17) is 13.6 Å². The van der Waals surface area contributed by atoms with Crippen LogP contribution in [0.3, 0.4) is 0 Å². The highest BCUT2D eigenvalue weighted by molar-refractivity contribution is 5.92. The zero-order chi connectivity index (χ0) is 17.3. The van der Waals surface area contributed by atoms with Crippen LogP contribution in [-0.2, 0) is 11.3 Å². The molecule has 0 saturated carbocycles. The van der Waals surface area contributed by atoms with Crippen molar-refractivity contribution in [3.05, 3.63) is 47.2 Å². The molecule has 2 aromatic heterocycles. The van der Waals surface area contributed by atoms with Gasteiger partial charge in [-0.3, -0.25) is 0 Å². The summed E-state index contributed by atoms with van der Waals surface area (Å²) in [6.45, 7) is 3.33. The second kappa shape index (κ2) is 6.07. The van der Waals surface area contributed by atoms with Crippen LogP contribution in [0.15, 0.2) is 33.1 Å². The van der Waals surface area contributed by atoms with E-state index in [1.807, 2.05) is 0 Å². The summed E-state index contributed by atoms with van der Waals surface area (Å²) in [5.74, 6) is 0.428. The third-order valence-electron chi connectivity index (χ3n) is 3.27. The number of carbonyl (C=O) groups is 1. The van der Waals surface area contributed by atoms with Crippen molar-refractivity contribution in [1.82, 2.24) is 10.2 Å². The maximum atomic E-state index is 11.9. The largest absolute Gasteiger partial charge is 0.508 e.